The van der Waals surface area contributed by atoms with Crippen molar-refractivity contribution >= 4 is 17.6 Å². The van der Waals surface area contributed by atoms with Gasteiger partial charge in [-0.15, -0.1) is 0 Å². The van der Waals surface area contributed by atoms with E-state index in [2.05, 4.69) is 15.1 Å². The number of aryl methyl sites for hydroxylation is 2. The highest BCUT2D eigenvalue weighted by atomic mass is 16.5. The van der Waals surface area contributed by atoms with Gasteiger partial charge in [0.15, 0.2) is 5.76 Å². The first-order valence-electron chi connectivity index (χ1n) is 7.83. The number of allylic oxidation sites excluding steroid dienone is 4. The second-order valence-electron chi connectivity index (χ2n) is 5.77. The van der Waals surface area contributed by atoms with Crippen molar-refractivity contribution < 1.29 is 14.6 Å². The number of rotatable bonds is 2. The Morgan fingerprint density at radius 1 is 1.25 bits per heavy atom. The SMILES string of the molecule is COC1=CC=C/C(=C\c2c(O)nc3nc4c(nn23)CCCC4)C1=O. The van der Waals surface area contributed by atoms with Gasteiger partial charge in [-0.1, -0.05) is 12.2 Å². The third-order valence-electron chi connectivity index (χ3n) is 4.24. The highest BCUT2D eigenvalue weighted by Crippen LogP contribution is 2.25. The number of carbonyl (C=O) groups excluding carboxylic acids is 1. The zero-order valence-corrected chi connectivity index (χ0v) is 13.2. The van der Waals surface area contributed by atoms with Gasteiger partial charge in [0.2, 0.25) is 11.7 Å². The molecule has 0 aromatic carbocycles. The summed E-state index contributed by atoms with van der Waals surface area (Å²) in [6, 6.07) is 0. The maximum atomic E-state index is 12.3. The first-order valence-corrected chi connectivity index (χ1v) is 7.83. The molecule has 1 N–H and O–H groups in total. The van der Waals surface area contributed by atoms with Gasteiger partial charge >= 0.3 is 0 Å². The molecule has 2 aromatic heterocycles. The second-order valence-corrected chi connectivity index (χ2v) is 5.77. The lowest BCUT2D eigenvalue weighted by Gasteiger charge is -2.13. The van der Waals surface area contributed by atoms with E-state index in [9.17, 15) is 9.90 Å². The van der Waals surface area contributed by atoms with Gasteiger partial charge in [0.25, 0.3) is 5.78 Å². The number of nitrogens with zero attached hydrogens (tertiary/aromatic N) is 4. The molecule has 7 heteroatoms. The minimum Gasteiger partial charge on any atom is -0.493 e. The Balaban J connectivity index is 1.84. The van der Waals surface area contributed by atoms with E-state index in [1.54, 1.807) is 24.3 Å². The average Bonchev–Trinajstić information content (AvgIpc) is 2.89. The van der Waals surface area contributed by atoms with Crippen LogP contribution in [-0.2, 0) is 22.4 Å². The van der Waals surface area contributed by atoms with Crippen LogP contribution in [0.5, 0.6) is 5.88 Å². The van der Waals surface area contributed by atoms with Gasteiger partial charge in [0.05, 0.1) is 18.5 Å². The molecule has 0 bridgehead atoms. The van der Waals surface area contributed by atoms with E-state index in [0.717, 1.165) is 37.1 Å². The van der Waals surface area contributed by atoms with Gasteiger partial charge in [-0.3, -0.25) is 4.79 Å². The maximum absolute atomic E-state index is 12.3. The molecule has 24 heavy (non-hydrogen) atoms. The fourth-order valence-electron chi connectivity index (χ4n) is 3.00. The summed E-state index contributed by atoms with van der Waals surface area (Å²) in [5.41, 5.74) is 2.60. The minimum atomic E-state index is -0.250. The van der Waals surface area contributed by atoms with Crippen molar-refractivity contribution in [3.63, 3.8) is 0 Å². The molecule has 2 heterocycles. The van der Waals surface area contributed by atoms with Crippen LogP contribution >= 0.6 is 0 Å². The van der Waals surface area contributed by atoms with E-state index in [-0.39, 0.29) is 17.4 Å². The standard InChI is InChI=1S/C17H16N4O3/c1-24-14-8-4-5-10(15(14)22)9-13-16(23)19-17-18-11-6-2-3-7-12(11)20-21(13)17/h4-5,8-9,23H,2-3,6-7H2,1H3/b10-9+. The summed E-state index contributed by atoms with van der Waals surface area (Å²) in [6.45, 7) is 0. The first-order chi connectivity index (χ1) is 11.7. The van der Waals surface area contributed by atoms with Gasteiger partial charge < -0.3 is 9.84 Å². The number of hydrogen-bond donors (Lipinski definition) is 1. The smallest absolute Gasteiger partial charge is 0.254 e. The van der Waals surface area contributed by atoms with Crippen LogP contribution in [0.2, 0.25) is 0 Å². The van der Waals surface area contributed by atoms with E-state index < -0.39 is 0 Å². The number of carbonyl (C=O) groups is 1. The molecule has 0 aliphatic heterocycles. The zero-order chi connectivity index (χ0) is 16.7. The lowest BCUT2D eigenvalue weighted by Crippen LogP contribution is -2.13. The molecule has 2 aliphatic rings. The van der Waals surface area contributed by atoms with Crippen molar-refractivity contribution in [1.82, 2.24) is 19.6 Å². The number of methoxy groups -OCH3 is 1. The summed E-state index contributed by atoms with van der Waals surface area (Å²) in [4.78, 5) is 20.9. The van der Waals surface area contributed by atoms with Gasteiger partial charge in [0.1, 0.15) is 5.69 Å². The minimum absolute atomic E-state index is 0.195. The lowest BCUT2D eigenvalue weighted by atomic mass is 10.0. The van der Waals surface area contributed by atoms with Crippen molar-refractivity contribution in [2.24, 2.45) is 0 Å². The largest absolute Gasteiger partial charge is 0.493 e. The van der Waals surface area contributed by atoms with Crippen molar-refractivity contribution in [1.29, 1.82) is 0 Å². The van der Waals surface area contributed by atoms with Crippen molar-refractivity contribution in [3.05, 3.63) is 46.6 Å². The Bertz CT molecular complexity index is 937. The van der Waals surface area contributed by atoms with Crippen LogP contribution in [0.25, 0.3) is 11.9 Å². The monoisotopic (exact) mass is 324 g/mol. The maximum Gasteiger partial charge on any atom is 0.254 e. The van der Waals surface area contributed by atoms with E-state index in [1.807, 2.05) is 0 Å². The van der Waals surface area contributed by atoms with Crippen molar-refractivity contribution in [2.45, 2.75) is 25.7 Å². The molecule has 0 saturated carbocycles. The van der Waals surface area contributed by atoms with Crippen LogP contribution < -0.4 is 0 Å². The number of ether oxygens (including phenoxy) is 1. The van der Waals surface area contributed by atoms with E-state index in [0.29, 0.717) is 17.0 Å². The van der Waals surface area contributed by atoms with Gasteiger partial charge in [0, 0.05) is 5.57 Å². The molecule has 0 saturated heterocycles. The van der Waals surface area contributed by atoms with Gasteiger partial charge in [-0.25, -0.2) is 4.98 Å². The molecule has 0 unspecified atom stereocenters. The number of hydrogen-bond acceptors (Lipinski definition) is 6. The number of imidazole rings is 1. The molecule has 0 spiro atoms. The number of Topliss-reactive ketones (excluding diaryl/α,β-unsaturated/α-hetero) is 1. The molecule has 2 aliphatic carbocycles. The van der Waals surface area contributed by atoms with Crippen molar-refractivity contribution in [3.8, 4) is 5.88 Å². The topological polar surface area (TPSA) is 89.6 Å². The third kappa shape index (κ3) is 2.29. The van der Waals surface area contributed by atoms with Crippen LogP contribution in [0.15, 0.2) is 29.6 Å². The first kappa shape index (κ1) is 14.6. The van der Waals surface area contributed by atoms with Crippen molar-refractivity contribution in [2.75, 3.05) is 7.11 Å². The Morgan fingerprint density at radius 3 is 2.83 bits per heavy atom. The van der Waals surface area contributed by atoms with Crippen LogP contribution in [0.3, 0.4) is 0 Å². The van der Waals surface area contributed by atoms with Crippen LogP contribution in [0, 0.1) is 0 Å². The third-order valence-corrected chi connectivity index (χ3v) is 4.24. The lowest BCUT2D eigenvalue weighted by molar-refractivity contribution is -0.114. The average molecular weight is 324 g/mol. The highest BCUT2D eigenvalue weighted by Gasteiger charge is 2.21. The van der Waals surface area contributed by atoms with Gasteiger partial charge in [-0.2, -0.15) is 14.6 Å². The summed E-state index contributed by atoms with van der Waals surface area (Å²) in [5.74, 6) is 0.148. The van der Waals surface area contributed by atoms with Crippen LogP contribution in [0.4, 0.5) is 0 Å². The molecule has 7 nitrogen and oxygen atoms in total. The molecule has 4 rings (SSSR count). The summed E-state index contributed by atoms with van der Waals surface area (Å²) in [6.07, 6.45) is 10.5. The Labute approximate surface area is 138 Å². The number of fused-ring (bicyclic) bond motifs is 2. The number of ketones is 1. The summed E-state index contributed by atoms with van der Waals surface area (Å²) >= 11 is 0. The van der Waals surface area contributed by atoms with E-state index >= 15 is 0 Å². The number of aromatic nitrogens is 4. The highest BCUT2D eigenvalue weighted by molar-refractivity contribution is 6.12. The fourth-order valence-corrected chi connectivity index (χ4v) is 3.00. The normalized spacial score (nSPS) is 18.8. The van der Waals surface area contributed by atoms with E-state index in [4.69, 9.17) is 4.74 Å². The molecule has 0 atom stereocenters. The molecule has 0 radical (unpaired) electrons. The van der Waals surface area contributed by atoms with Crippen LogP contribution in [-0.4, -0.2) is 37.6 Å². The van der Waals surface area contributed by atoms with Crippen LogP contribution in [0.1, 0.15) is 29.9 Å². The zero-order valence-electron chi connectivity index (χ0n) is 13.2. The Hall–Kier alpha value is -2.96. The predicted molar refractivity (Wildman–Crippen MR) is 86.3 cm³/mol. The Morgan fingerprint density at radius 2 is 2.04 bits per heavy atom. The second kappa shape index (κ2) is 5.59. The number of aromatic hydroxyl groups is 1. The van der Waals surface area contributed by atoms with E-state index in [1.165, 1.54) is 11.6 Å². The summed E-state index contributed by atoms with van der Waals surface area (Å²) in [5, 5.41) is 14.8. The quantitative estimate of drug-likeness (QED) is 0.847. The Kier molecular flexibility index (Phi) is 3.41. The predicted octanol–water partition coefficient (Wildman–Crippen LogP) is 1.76. The molecule has 2 aromatic rings. The molecular weight excluding hydrogens is 308 g/mol. The molecular formula is C17H16N4O3. The van der Waals surface area contributed by atoms with Gasteiger partial charge in [-0.05, 0) is 37.8 Å². The molecule has 0 amide bonds. The summed E-state index contributed by atoms with van der Waals surface area (Å²) < 4.78 is 6.55. The fraction of sp³-hybridized carbons (Fsp3) is 0.294. The molecule has 122 valence electrons. The summed E-state index contributed by atoms with van der Waals surface area (Å²) in [7, 11) is 1.45. The molecule has 0 fully saturated rings.